The fourth-order valence-electron chi connectivity index (χ4n) is 2.05. The van der Waals surface area contributed by atoms with Crippen LogP contribution in [0.15, 0.2) is 44.1 Å². The first kappa shape index (κ1) is 14.6. The van der Waals surface area contributed by atoms with Crippen LogP contribution in [0.2, 0.25) is 5.02 Å². The molecule has 0 saturated heterocycles. The van der Waals surface area contributed by atoms with E-state index in [9.17, 15) is 9.59 Å². The minimum atomic E-state index is -0.318. The number of fused-ring (bicyclic) bond motifs is 1. The molecule has 0 amide bonds. The van der Waals surface area contributed by atoms with Gasteiger partial charge in [-0.2, -0.15) is 0 Å². The van der Waals surface area contributed by atoms with Crippen LogP contribution in [0, 0.1) is 0 Å². The number of hydrogen-bond acceptors (Lipinski definition) is 2. The number of nitrogens with one attached hydrogen (secondary N) is 2. The lowest BCUT2D eigenvalue weighted by Gasteiger charge is -2.07. The predicted octanol–water partition coefficient (Wildman–Crippen LogP) is 4.27. The summed E-state index contributed by atoms with van der Waals surface area (Å²) in [5.41, 5.74) is 1.70. The Balaban J connectivity index is 2.19. The molecule has 0 spiro atoms. The van der Waals surface area contributed by atoms with Crippen molar-refractivity contribution in [2.24, 2.45) is 0 Å². The van der Waals surface area contributed by atoms with Gasteiger partial charge in [0.15, 0.2) is 5.78 Å². The maximum absolute atomic E-state index is 12.7. The molecule has 0 radical (unpaired) electrons. The number of hydrogen-bond donors (Lipinski definition) is 2. The van der Waals surface area contributed by atoms with Crippen LogP contribution in [0.25, 0.3) is 11.0 Å². The van der Waals surface area contributed by atoms with Gasteiger partial charge in [0.2, 0.25) is 0 Å². The second kappa shape index (κ2) is 5.44. The van der Waals surface area contributed by atoms with E-state index in [1.54, 1.807) is 30.3 Å². The monoisotopic (exact) mass is 428 g/mol. The van der Waals surface area contributed by atoms with Crippen LogP contribution in [0.5, 0.6) is 0 Å². The quantitative estimate of drug-likeness (QED) is 0.597. The largest absolute Gasteiger partial charge is 0.323 e. The van der Waals surface area contributed by atoms with Gasteiger partial charge in [0, 0.05) is 20.1 Å². The van der Waals surface area contributed by atoms with E-state index in [2.05, 4.69) is 41.8 Å². The molecule has 0 atom stereocenters. The lowest BCUT2D eigenvalue weighted by atomic mass is 10.0. The molecule has 106 valence electrons. The Labute approximate surface area is 140 Å². The third kappa shape index (κ3) is 2.59. The zero-order valence-electron chi connectivity index (χ0n) is 10.3. The molecule has 1 heterocycles. The summed E-state index contributed by atoms with van der Waals surface area (Å²) in [6.45, 7) is 0. The van der Waals surface area contributed by atoms with Gasteiger partial charge in [-0.15, -0.1) is 0 Å². The standard InChI is InChI=1S/C14H7Br2ClN2O2/c15-8-3-1-2-6(12(8)17)13(20)7-4-10-11(5-9(7)16)19-14(21)18-10/h1-5H,(H2,18,19,21). The highest BCUT2D eigenvalue weighted by molar-refractivity contribution is 9.10. The normalized spacial score (nSPS) is 11.0. The Morgan fingerprint density at radius 3 is 2.38 bits per heavy atom. The summed E-state index contributed by atoms with van der Waals surface area (Å²) >= 11 is 12.8. The fraction of sp³-hybridized carbons (Fsp3) is 0. The first-order valence-electron chi connectivity index (χ1n) is 5.87. The Morgan fingerprint density at radius 1 is 1.00 bits per heavy atom. The van der Waals surface area contributed by atoms with Gasteiger partial charge in [0.25, 0.3) is 0 Å². The molecule has 0 saturated carbocycles. The van der Waals surface area contributed by atoms with Crippen molar-refractivity contribution in [2.75, 3.05) is 0 Å². The zero-order valence-corrected chi connectivity index (χ0v) is 14.3. The van der Waals surface area contributed by atoms with Crippen LogP contribution in [-0.4, -0.2) is 15.8 Å². The topological polar surface area (TPSA) is 65.7 Å². The summed E-state index contributed by atoms with van der Waals surface area (Å²) in [5.74, 6) is -0.225. The van der Waals surface area contributed by atoms with Crippen molar-refractivity contribution in [1.82, 2.24) is 9.97 Å². The van der Waals surface area contributed by atoms with E-state index in [0.29, 0.717) is 36.1 Å². The molecule has 0 bridgehead atoms. The van der Waals surface area contributed by atoms with Gasteiger partial charge in [-0.25, -0.2) is 4.79 Å². The minimum Gasteiger partial charge on any atom is -0.306 e. The number of ketones is 1. The van der Waals surface area contributed by atoms with Gasteiger partial charge in [-0.05, 0) is 56.1 Å². The van der Waals surface area contributed by atoms with Crippen molar-refractivity contribution in [2.45, 2.75) is 0 Å². The van der Waals surface area contributed by atoms with Crippen molar-refractivity contribution >= 4 is 60.3 Å². The molecule has 4 nitrogen and oxygen atoms in total. The maximum Gasteiger partial charge on any atom is 0.323 e. The number of imidazole rings is 1. The van der Waals surface area contributed by atoms with Gasteiger partial charge in [-0.3, -0.25) is 4.79 Å². The highest BCUT2D eigenvalue weighted by atomic mass is 79.9. The molecule has 1 aromatic heterocycles. The van der Waals surface area contributed by atoms with Crippen LogP contribution in [-0.2, 0) is 0 Å². The third-order valence-electron chi connectivity index (χ3n) is 3.04. The van der Waals surface area contributed by atoms with E-state index in [4.69, 9.17) is 11.6 Å². The smallest absolute Gasteiger partial charge is 0.306 e. The molecule has 3 rings (SSSR count). The van der Waals surface area contributed by atoms with Gasteiger partial charge in [0.05, 0.1) is 16.1 Å². The average Bonchev–Trinajstić information content (AvgIpc) is 2.79. The molecule has 21 heavy (non-hydrogen) atoms. The molecular formula is C14H7Br2ClN2O2. The van der Waals surface area contributed by atoms with Crippen LogP contribution in [0.1, 0.15) is 15.9 Å². The van der Waals surface area contributed by atoms with Crippen molar-refractivity contribution < 1.29 is 4.79 Å². The number of halogens is 3. The molecule has 7 heteroatoms. The van der Waals surface area contributed by atoms with Crippen molar-refractivity contribution in [1.29, 1.82) is 0 Å². The number of carbonyl (C=O) groups excluding carboxylic acids is 1. The first-order chi connectivity index (χ1) is 9.97. The van der Waals surface area contributed by atoms with Crippen molar-refractivity contribution in [3.8, 4) is 0 Å². The molecule has 0 fully saturated rings. The summed E-state index contributed by atoms with van der Waals surface area (Å²) in [5, 5.41) is 0.358. The van der Waals surface area contributed by atoms with Crippen LogP contribution >= 0.6 is 43.5 Å². The van der Waals surface area contributed by atoms with E-state index >= 15 is 0 Å². The number of rotatable bonds is 2. The Bertz CT molecular complexity index is 930. The lowest BCUT2D eigenvalue weighted by Crippen LogP contribution is -2.03. The Morgan fingerprint density at radius 2 is 1.67 bits per heavy atom. The molecule has 0 aliphatic carbocycles. The Kier molecular flexibility index (Phi) is 3.77. The molecule has 2 N–H and O–H groups in total. The van der Waals surface area contributed by atoms with E-state index in [-0.39, 0.29) is 11.5 Å². The molecule has 3 aromatic rings. The molecule has 0 aliphatic rings. The average molecular weight is 430 g/mol. The molecular weight excluding hydrogens is 423 g/mol. The van der Waals surface area contributed by atoms with Crippen LogP contribution in [0.4, 0.5) is 0 Å². The fourth-order valence-corrected chi connectivity index (χ4v) is 3.16. The predicted molar refractivity (Wildman–Crippen MR) is 89.2 cm³/mol. The second-order valence-corrected chi connectivity index (χ2v) is 6.47. The van der Waals surface area contributed by atoms with E-state index in [0.717, 1.165) is 0 Å². The van der Waals surface area contributed by atoms with Crippen molar-refractivity contribution in [3.63, 3.8) is 0 Å². The van der Waals surface area contributed by atoms with E-state index < -0.39 is 0 Å². The second-order valence-electron chi connectivity index (χ2n) is 4.39. The number of carbonyl (C=O) groups is 1. The number of aromatic amines is 2. The lowest BCUT2D eigenvalue weighted by molar-refractivity contribution is 0.103. The highest BCUT2D eigenvalue weighted by Crippen LogP contribution is 2.30. The van der Waals surface area contributed by atoms with Gasteiger partial charge in [0.1, 0.15) is 0 Å². The summed E-state index contributed by atoms with van der Waals surface area (Å²) in [7, 11) is 0. The Hall–Kier alpha value is -1.37. The molecule has 0 unspecified atom stereocenters. The summed E-state index contributed by atoms with van der Waals surface area (Å²) in [6, 6.07) is 8.48. The summed E-state index contributed by atoms with van der Waals surface area (Å²) in [6.07, 6.45) is 0. The van der Waals surface area contributed by atoms with Gasteiger partial charge in [-0.1, -0.05) is 17.7 Å². The number of benzene rings is 2. The first-order valence-corrected chi connectivity index (χ1v) is 7.84. The number of aromatic nitrogens is 2. The summed E-state index contributed by atoms with van der Waals surface area (Å²) < 4.78 is 1.24. The molecule has 2 aromatic carbocycles. The van der Waals surface area contributed by atoms with E-state index in [1.165, 1.54) is 0 Å². The molecule has 0 aliphatic heterocycles. The van der Waals surface area contributed by atoms with E-state index in [1.807, 2.05) is 0 Å². The van der Waals surface area contributed by atoms with Crippen LogP contribution in [0.3, 0.4) is 0 Å². The maximum atomic E-state index is 12.7. The van der Waals surface area contributed by atoms with Crippen LogP contribution < -0.4 is 5.69 Å². The SMILES string of the molecule is O=C(c1cc2[nH]c(=O)[nH]c2cc1Br)c1cccc(Br)c1Cl. The number of H-pyrrole nitrogens is 2. The van der Waals surface area contributed by atoms with Gasteiger partial charge < -0.3 is 9.97 Å². The van der Waals surface area contributed by atoms with Gasteiger partial charge >= 0.3 is 5.69 Å². The van der Waals surface area contributed by atoms with Crippen molar-refractivity contribution in [3.05, 3.63) is 65.9 Å². The minimum absolute atomic E-state index is 0.225. The third-order valence-corrected chi connectivity index (χ3v) is 5.00. The highest BCUT2D eigenvalue weighted by Gasteiger charge is 2.18. The zero-order chi connectivity index (χ0) is 15.1. The summed E-state index contributed by atoms with van der Waals surface area (Å²) in [4.78, 5) is 29.2.